The Bertz CT molecular complexity index is 374. The maximum atomic E-state index is 11.8. The van der Waals surface area contributed by atoms with Crippen molar-refractivity contribution < 1.29 is 9.90 Å². The smallest absolute Gasteiger partial charge is 0.241 e. The maximum Gasteiger partial charge on any atom is 0.241 e. The Morgan fingerprint density at radius 1 is 1.22 bits per heavy atom. The third kappa shape index (κ3) is 4.04. The Morgan fingerprint density at radius 2 is 1.83 bits per heavy atom. The minimum atomic E-state index is 0.0463. The second kappa shape index (κ2) is 7.01. The Balaban J connectivity index is 2.79. The second-order valence-electron chi connectivity index (χ2n) is 4.53. The van der Waals surface area contributed by atoms with E-state index in [0.29, 0.717) is 6.54 Å². The maximum absolute atomic E-state index is 11.8. The van der Waals surface area contributed by atoms with E-state index in [9.17, 15) is 4.79 Å². The van der Waals surface area contributed by atoms with Gasteiger partial charge in [-0.25, -0.2) is 0 Å². The number of rotatable bonds is 6. The van der Waals surface area contributed by atoms with E-state index in [-0.39, 0.29) is 12.5 Å². The van der Waals surface area contributed by atoms with Crippen LogP contribution in [0.4, 0.5) is 5.69 Å². The number of nitrogens with zero attached hydrogens (tertiary/aromatic N) is 2. The molecule has 0 aliphatic carbocycles. The highest BCUT2D eigenvalue weighted by molar-refractivity contribution is 5.81. The summed E-state index contributed by atoms with van der Waals surface area (Å²) in [5, 5.41) is 9.01. The lowest BCUT2D eigenvalue weighted by Gasteiger charge is -2.25. The fraction of sp³-hybridized carbons (Fsp3) is 0.500. The zero-order valence-corrected chi connectivity index (χ0v) is 11.4. The van der Waals surface area contributed by atoms with Crippen LogP contribution in [0.5, 0.6) is 0 Å². The van der Waals surface area contributed by atoms with Crippen molar-refractivity contribution in [1.29, 1.82) is 0 Å². The first-order chi connectivity index (χ1) is 8.58. The van der Waals surface area contributed by atoms with Crippen molar-refractivity contribution in [3.8, 4) is 0 Å². The van der Waals surface area contributed by atoms with Gasteiger partial charge in [-0.3, -0.25) is 4.79 Å². The number of likely N-dealkylation sites (N-methyl/N-ethyl adjacent to an activating group) is 1. The molecule has 0 saturated carbocycles. The van der Waals surface area contributed by atoms with Crippen molar-refractivity contribution in [2.75, 3.05) is 32.1 Å². The molecule has 1 rings (SSSR count). The van der Waals surface area contributed by atoms with Crippen LogP contribution < -0.4 is 4.90 Å². The summed E-state index contributed by atoms with van der Waals surface area (Å²) < 4.78 is 0. The first kappa shape index (κ1) is 14.5. The van der Waals surface area contributed by atoms with Gasteiger partial charge in [-0.2, -0.15) is 0 Å². The largest absolute Gasteiger partial charge is 0.392 e. The summed E-state index contributed by atoms with van der Waals surface area (Å²) in [5.74, 6) is 0.0923. The lowest BCUT2D eigenvalue weighted by molar-refractivity contribution is -0.127. The van der Waals surface area contributed by atoms with Crippen molar-refractivity contribution in [2.45, 2.75) is 20.0 Å². The first-order valence-electron chi connectivity index (χ1n) is 6.23. The first-order valence-corrected chi connectivity index (χ1v) is 6.23. The van der Waals surface area contributed by atoms with Crippen molar-refractivity contribution in [3.63, 3.8) is 0 Å². The molecule has 0 radical (unpaired) electrons. The number of amides is 1. The minimum absolute atomic E-state index is 0.0463. The average molecular weight is 250 g/mol. The van der Waals surface area contributed by atoms with Crippen LogP contribution in [0, 0.1) is 0 Å². The molecule has 1 aromatic carbocycles. The number of anilines is 1. The highest BCUT2D eigenvalue weighted by Gasteiger charge is 2.12. The van der Waals surface area contributed by atoms with Crippen LogP contribution in [0.3, 0.4) is 0 Å². The van der Waals surface area contributed by atoms with Crippen molar-refractivity contribution >= 4 is 11.6 Å². The van der Waals surface area contributed by atoms with E-state index in [4.69, 9.17) is 5.11 Å². The van der Waals surface area contributed by atoms with E-state index < -0.39 is 0 Å². The van der Waals surface area contributed by atoms with Crippen LogP contribution in [0.15, 0.2) is 24.3 Å². The molecule has 1 aromatic rings. The fourth-order valence-corrected chi connectivity index (χ4v) is 1.69. The molecule has 0 aliphatic rings. The van der Waals surface area contributed by atoms with E-state index in [1.165, 1.54) is 0 Å². The zero-order chi connectivity index (χ0) is 13.5. The van der Waals surface area contributed by atoms with Gasteiger partial charge in [0.25, 0.3) is 0 Å². The second-order valence-corrected chi connectivity index (χ2v) is 4.53. The molecule has 18 heavy (non-hydrogen) atoms. The van der Waals surface area contributed by atoms with Gasteiger partial charge in [-0.1, -0.05) is 19.1 Å². The van der Waals surface area contributed by atoms with Gasteiger partial charge in [0, 0.05) is 26.3 Å². The summed E-state index contributed by atoms with van der Waals surface area (Å²) in [5.41, 5.74) is 1.90. The quantitative estimate of drug-likeness (QED) is 0.831. The summed E-state index contributed by atoms with van der Waals surface area (Å²) in [6, 6.07) is 7.67. The van der Waals surface area contributed by atoms with Crippen LogP contribution in [0.1, 0.15) is 18.9 Å². The number of hydrogen-bond acceptors (Lipinski definition) is 3. The van der Waals surface area contributed by atoms with Crippen LogP contribution in [-0.4, -0.2) is 43.1 Å². The third-order valence-corrected chi connectivity index (χ3v) is 2.80. The van der Waals surface area contributed by atoms with Crippen molar-refractivity contribution in [1.82, 2.24) is 4.90 Å². The van der Waals surface area contributed by atoms with Crippen molar-refractivity contribution in [3.05, 3.63) is 29.8 Å². The van der Waals surface area contributed by atoms with Gasteiger partial charge in [0.1, 0.15) is 0 Å². The van der Waals surface area contributed by atoms with E-state index in [0.717, 1.165) is 24.2 Å². The van der Waals surface area contributed by atoms with Gasteiger partial charge in [-0.15, -0.1) is 0 Å². The summed E-state index contributed by atoms with van der Waals surface area (Å²) in [4.78, 5) is 15.4. The standard InChI is InChI=1S/C14H22N2O2/c1-4-9-16(10-14(18)15(2)3)13-7-5-12(11-17)6-8-13/h5-8,17H,4,9-11H2,1-3H3. The van der Waals surface area contributed by atoms with Gasteiger partial charge < -0.3 is 14.9 Å². The normalized spacial score (nSPS) is 10.2. The number of carbonyl (C=O) groups is 1. The van der Waals surface area contributed by atoms with Crippen molar-refractivity contribution in [2.24, 2.45) is 0 Å². The summed E-state index contributed by atoms with van der Waals surface area (Å²) in [7, 11) is 3.53. The molecule has 0 fully saturated rings. The molecule has 4 heteroatoms. The Morgan fingerprint density at radius 3 is 2.28 bits per heavy atom. The molecular formula is C14H22N2O2. The predicted octanol–water partition coefficient (Wildman–Crippen LogP) is 1.48. The minimum Gasteiger partial charge on any atom is -0.392 e. The Labute approximate surface area is 109 Å². The summed E-state index contributed by atoms with van der Waals surface area (Å²) in [6.45, 7) is 3.37. The molecule has 0 unspecified atom stereocenters. The van der Waals surface area contributed by atoms with E-state index in [1.807, 2.05) is 24.3 Å². The van der Waals surface area contributed by atoms with Crippen LogP contribution >= 0.6 is 0 Å². The molecule has 0 saturated heterocycles. The molecular weight excluding hydrogens is 228 g/mol. The molecule has 0 bridgehead atoms. The Hall–Kier alpha value is -1.55. The molecule has 1 amide bonds. The van der Waals surface area contributed by atoms with Crippen LogP contribution in [0.25, 0.3) is 0 Å². The molecule has 100 valence electrons. The molecule has 0 aromatic heterocycles. The molecule has 0 heterocycles. The molecule has 0 spiro atoms. The van der Waals surface area contributed by atoms with Gasteiger partial charge in [0.05, 0.1) is 13.2 Å². The summed E-state index contributed by atoms with van der Waals surface area (Å²) >= 11 is 0. The fourth-order valence-electron chi connectivity index (χ4n) is 1.69. The summed E-state index contributed by atoms with van der Waals surface area (Å²) in [6.07, 6.45) is 0.989. The van der Waals surface area contributed by atoms with Crippen LogP contribution in [0.2, 0.25) is 0 Å². The Kier molecular flexibility index (Phi) is 5.65. The number of carbonyl (C=O) groups excluding carboxylic acids is 1. The molecule has 4 nitrogen and oxygen atoms in total. The molecule has 0 atom stereocenters. The van der Waals surface area contributed by atoms with Crippen LogP contribution in [-0.2, 0) is 11.4 Å². The van der Waals surface area contributed by atoms with E-state index >= 15 is 0 Å². The number of aliphatic hydroxyl groups excluding tert-OH is 1. The molecule has 0 aliphatic heterocycles. The third-order valence-electron chi connectivity index (χ3n) is 2.80. The van der Waals surface area contributed by atoms with Gasteiger partial charge >= 0.3 is 0 Å². The number of aliphatic hydroxyl groups is 1. The van der Waals surface area contributed by atoms with Gasteiger partial charge in [0.2, 0.25) is 5.91 Å². The van der Waals surface area contributed by atoms with Gasteiger partial charge in [0.15, 0.2) is 0 Å². The highest BCUT2D eigenvalue weighted by Crippen LogP contribution is 2.16. The lowest BCUT2D eigenvalue weighted by atomic mass is 10.2. The van der Waals surface area contributed by atoms with E-state index in [2.05, 4.69) is 11.8 Å². The monoisotopic (exact) mass is 250 g/mol. The van der Waals surface area contributed by atoms with E-state index in [1.54, 1.807) is 19.0 Å². The molecule has 1 N–H and O–H groups in total. The lowest BCUT2D eigenvalue weighted by Crippen LogP contribution is -2.37. The number of benzene rings is 1. The predicted molar refractivity (Wildman–Crippen MR) is 73.6 cm³/mol. The topological polar surface area (TPSA) is 43.8 Å². The van der Waals surface area contributed by atoms with Gasteiger partial charge in [-0.05, 0) is 24.1 Å². The highest BCUT2D eigenvalue weighted by atomic mass is 16.3. The average Bonchev–Trinajstić information content (AvgIpc) is 2.38. The SMILES string of the molecule is CCCN(CC(=O)N(C)C)c1ccc(CO)cc1. The zero-order valence-electron chi connectivity index (χ0n) is 11.4. The number of hydrogen-bond donors (Lipinski definition) is 1.